The number of esters is 2. The van der Waals surface area contributed by atoms with Crippen LogP contribution in [0.1, 0.15) is 47.4 Å². The average molecular weight is 637 g/mol. The van der Waals surface area contributed by atoms with Gasteiger partial charge in [0.15, 0.2) is 0 Å². The van der Waals surface area contributed by atoms with Crippen molar-refractivity contribution in [2.75, 3.05) is 35.4 Å². The maximum absolute atomic E-state index is 12.7. The van der Waals surface area contributed by atoms with Crippen molar-refractivity contribution in [3.05, 3.63) is 82.6 Å². The van der Waals surface area contributed by atoms with Gasteiger partial charge in [0.2, 0.25) is 11.8 Å². The molecule has 2 N–H and O–H groups in total. The number of amides is 2. The number of rotatable bonds is 14. The molecular weight excluding hydrogens is 605 g/mol. The second kappa shape index (κ2) is 16.1. The smallest absolute Gasteiger partial charge is 0.341 e. The van der Waals surface area contributed by atoms with Gasteiger partial charge in [-0.3, -0.25) is 9.59 Å². The summed E-state index contributed by atoms with van der Waals surface area (Å²) in [6, 6.07) is 19.0. The fourth-order valence-electron chi connectivity index (χ4n) is 4.18. The van der Waals surface area contributed by atoms with E-state index in [4.69, 9.17) is 9.47 Å². The number of thioether (sulfide) groups is 1. The van der Waals surface area contributed by atoms with Gasteiger partial charge in [-0.25, -0.2) is 9.59 Å². The van der Waals surface area contributed by atoms with E-state index in [1.54, 1.807) is 13.8 Å². The summed E-state index contributed by atoms with van der Waals surface area (Å²) in [5.74, 6) is -0.423. The molecule has 0 saturated carbocycles. The average Bonchev–Trinajstić information content (AvgIpc) is 3.62. The van der Waals surface area contributed by atoms with E-state index in [9.17, 15) is 19.2 Å². The molecule has 2 aromatic carbocycles. The highest BCUT2D eigenvalue weighted by Gasteiger charge is 2.24. The maximum atomic E-state index is 12.7. The number of benzene rings is 2. The molecule has 2 heterocycles. The van der Waals surface area contributed by atoms with E-state index in [2.05, 4.69) is 10.6 Å². The van der Waals surface area contributed by atoms with E-state index in [0.29, 0.717) is 43.8 Å². The molecule has 11 heteroatoms. The molecule has 8 nitrogen and oxygen atoms in total. The minimum atomic E-state index is -0.481. The van der Waals surface area contributed by atoms with E-state index in [1.165, 1.54) is 34.4 Å². The third kappa shape index (κ3) is 8.56. The number of hydrogen-bond acceptors (Lipinski definition) is 9. The van der Waals surface area contributed by atoms with Crippen LogP contribution in [0, 0.1) is 0 Å². The Labute approximate surface area is 262 Å². The lowest BCUT2D eigenvalue weighted by atomic mass is 10.0. The molecule has 0 aliphatic heterocycles. The van der Waals surface area contributed by atoms with Crippen LogP contribution in [0.25, 0.3) is 22.3 Å². The van der Waals surface area contributed by atoms with Crippen molar-refractivity contribution in [2.45, 2.75) is 26.7 Å². The fraction of sp³-hybridized carbons (Fsp3) is 0.250. The van der Waals surface area contributed by atoms with Gasteiger partial charge in [-0.2, -0.15) is 11.8 Å². The molecule has 0 aliphatic carbocycles. The number of anilines is 2. The fourth-order valence-corrected chi connectivity index (χ4v) is 6.99. The van der Waals surface area contributed by atoms with Crippen LogP contribution in [0.5, 0.6) is 0 Å². The first-order valence-electron chi connectivity index (χ1n) is 13.8. The summed E-state index contributed by atoms with van der Waals surface area (Å²) in [6.45, 7) is 3.93. The van der Waals surface area contributed by atoms with Crippen molar-refractivity contribution in [2.24, 2.45) is 0 Å². The van der Waals surface area contributed by atoms with Crippen molar-refractivity contribution < 1.29 is 28.7 Å². The van der Waals surface area contributed by atoms with Crippen molar-refractivity contribution in [1.82, 2.24) is 0 Å². The van der Waals surface area contributed by atoms with Gasteiger partial charge in [-0.05, 0) is 25.0 Å². The van der Waals surface area contributed by atoms with Crippen LogP contribution in [-0.4, -0.2) is 48.5 Å². The Balaban J connectivity index is 1.29. The Bertz CT molecular complexity index is 1430. The van der Waals surface area contributed by atoms with E-state index >= 15 is 0 Å². The summed E-state index contributed by atoms with van der Waals surface area (Å²) in [6.07, 6.45) is 0.428. The Hall–Kier alpha value is -3.93. The molecule has 0 radical (unpaired) electrons. The third-order valence-corrected chi connectivity index (χ3v) is 8.94. The largest absolute Gasteiger partial charge is 0.462 e. The second-order valence-corrected chi connectivity index (χ2v) is 12.1. The molecule has 0 saturated heterocycles. The standard InChI is InChI=1S/C32H32N2O6S3/c1-3-39-31(37)27-23(21-11-7-5-8-12-21)19-42-29(27)33-25(35)15-17-41-18-16-26(36)34-30-28(32(38)40-4-2)24(20-43-30)22-13-9-6-10-14-22/h5-14,19-20H,3-4,15-18H2,1-2H3,(H,33,35)(H,34,36). The predicted molar refractivity (Wildman–Crippen MR) is 175 cm³/mol. The van der Waals surface area contributed by atoms with Crippen LogP contribution in [-0.2, 0) is 19.1 Å². The number of ether oxygens (including phenoxy) is 2. The Morgan fingerprint density at radius 1 is 0.651 bits per heavy atom. The van der Waals surface area contributed by atoms with Gasteiger partial charge in [0.05, 0.1) is 13.2 Å². The summed E-state index contributed by atoms with van der Waals surface area (Å²) >= 11 is 4.04. The molecular formula is C32H32N2O6S3. The lowest BCUT2D eigenvalue weighted by Crippen LogP contribution is -2.16. The molecule has 2 amide bonds. The van der Waals surface area contributed by atoms with Crippen LogP contribution in [0.15, 0.2) is 71.4 Å². The number of carbonyl (C=O) groups is 4. The van der Waals surface area contributed by atoms with Gasteiger partial charge in [-0.1, -0.05) is 60.7 Å². The molecule has 0 bridgehead atoms. The second-order valence-electron chi connectivity index (χ2n) is 9.09. The SMILES string of the molecule is CCOC(=O)c1c(-c2ccccc2)csc1NC(=O)CCSCCC(=O)Nc1scc(-c2ccccc2)c1C(=O)OCC. The molecule has 0 spiro atoms. The molecule has 0 fully saturated rings. The normalized spacial score (nSPS) is 10.7. The summed E-state index contributed by atoms with van der Waals surface area (Å²) < 4.78 is 10.5. The Morgan fingerprint density at radius 2 is 1.05 bits per heavy atom. The van der Waals surface area contributed by atoms with Crippen LogP contribution >= 0.6 is 34.4 Å². The highest BCUT2D eigenvalue weighted by molar-refractivity contribution is 7.99. The van der Waals surface area contributed by atoms with E-state index in [1.807, 2.05) is 71.4 Å². The Morgan fingerprint density at radius 3 is 1.42 bits per heavy atom. The highest BCUT2D eigenvalue weighted by atomic mass is 32.2. The minimum Gasteiger partial charge on any atom is -0.462 e. The van der Waals surface area contributed by atoms with E-state index in [-0.39, 0.29) is 37.9 Å². The predicted octanol–water partition coefficient (Wildman–Crippen LogP) is 7.59. The zero-order valence-electron chi connectivity index (χ0n) is 23.8. The van der Waals surface area contributed by atoms with Crippen LogP contribution in [0.3, 0.4) is 0 Å². The van der Waals surface area contributed by atoms with Gasteiger partial charge in [0.25, 0.3) is 0 Å². The zero-order chi connectivity index (χ0) is 30.6. The molecule has 4 rings (SSSR count). The van der Waals surface area contributed by atoms with E-state index in [0.717, 1.165) is 11.1 Å². The van der Waals surface area contributed by atoms with Crippen molar-refractivity contribution in [3.63, 3.8) is 0 Å². The number of hydrogen-bond donors (Lipinski definition) is 2. The summed E-state index contributed by atoms with van der Waals surface area (Å²) in [7, 11) is 0. The van der Waals surface area contributed by atoms with Crippen LogP contribution < -0.4 is 10.6 Å². The number of thiophene rings is 2. The quantitative estimate of drug-likeness (QED) is 0.108. The van der Waals surface area contributed by atoms with E-state index < -0.39 is 11.9 Å². The molecule has 0 aliphatic rings. The summed E-state index contributed by atoms with van der Waals surface area (Å²) in [4.78, 5) is 50.9. The summed E-state index contributed by atoms with van der Waals surface area (Å²) in [5.41, 5.74) is 3.86. The molecule has 4 aromatic rings. The van der Waals surface area contributed by atoms with Gasteiger partial charge >= 0.3 is 11.9 Å². The monoisotopic (exact) mass is 636 g/mol. The highest BCUT2D eigenvalue weighted by Crippen LogP contribution is 2.37. The first kappa shape index (κ1) is 32.0. The Kier molecular flexibility index (Phi) is 12.0. The molecule has 0 unspecified atom stereocenters. The summed E-state index contributed by atoms with van der Waals surface area (Å²) in [5, 5.41) is 10.3. The van der Waals surface area contributed by atoms with Gasteiger partial charge < -0.3 is 20.1 Å². The van der Waals surface area contributed by atoms with Gasteiger partial charge in [-0.15, -0.1) is 22.7 Å². The topological polar surface area (TPSA) is 111 Å². The van der Waals surface area contributed by atoms with Crippen molar-refractivity contribution in [3.8, 4) is 22.3 Å². The van der Waals surface area contributed by atoms with Gasteiger partial charge in [0.1, 0.15) is 21.1 Å². The van der Waals surface area contributed by atoms with Gasteiger partial charge in [0, 0.05) is 46.2 Å². The number of nitrogens with one attached hydrogen (secondary N) is 2. The van der Waals surface area contributed by atoms with Crippen molar-refractivity contribution >= 4 is 68.2 Å². The molecule has 43 heavy (non-hydrogen) atoms. The molecule has 0 atom stereocenters. The molecule has 224 valence electrons. The first-order chi connectivity index (χ1) is 20.9. The van der Waals surface area contributed by atoms with Crippen LogP contribution in [0.2, 0.25) is 0 Å². The lowest BCUT2D eigenvalue weighted by molar-refractivity contribution is -0.116. The van der Waals surface area contributed by atoms with Crippen LogP contribution in [0.4, 0.5) is 10.0 Å². The maximum Gasteiger partial charge on any atom is 0.341 e. The number of carbonyl (C=O) groups excluding carboxylic acids is 4. The van der Waals surface area contributed by atoms with Crippen molar-refractivity contribution in [1.29, 1.82) is 0 Å². The molecule has 2 aromatic heterocycles. The lowest BCUT2D eigenvalue weighted by Gasteiger charge is -2.09. The minimum absolute atomic E-state index is 0.214. The first-order valence-corrected chi connectivity index (χ1v) is 16.7. The zero-order valence-corrected chi connectivity index (χ0v) is 26.3. The third-order valence-electron chi connectivity index (χ3n) is 6.16.